The topological polar surface area (TPSA) is 153 Å². The first kappa shape index (κ1) is 42.8. The Balaban J connectivity index is 0.000000214. The summed E-state index contributed by atoms with van der Waals surface area (Å²) in [6.45, 7) is 9.24. The lowest BCUT2D eigenvalue weighted by molar-refractivity contribution is 0.0468. The summed E-state index contributed by atoms with van der Waals surface area (Å²) in [5.74, 6) is 1.63. The Hall–Kier alpha value is -4.36. The number of fused-ring (bicyclic) bond motifs is 2. The molecule has 0 saturated heterocycles. The molecule has 0 fully saturated rings. The van der Waals surface area contributed by atoms with Gasteiger partial charge in [-0.25, -0.2) is 0 Å². The van der Waals surface area contributed by atoms with Crippen molar-refractivity contribution in [2.24, 2.45) is 11.5 Å². The average molecular weight is 765 g/mol. The van der Waals surface area contributed by atoms with Crippen LogP contribution in [0.2, 0.25) is 0 Å². The quantitative estimate of drug-likeness (QED) is 0.0695. The summed E-state index contributed by atoms with van der Waals surface area (Å²) in [7, 11) is 3.33. The Morgan fingerprint density at radius 3 is 1.39 bits per heavy atom. The molecule has 0 radical (unpaired) electrons. The minimum absolute atomic E-state index is 0.0161. The molecular weight excluding hydrogens is 705 g/mol. The molecule has 8 N–H and O–H groups in total. The monoisotopic (exact) mass is 764 g/mol. The fraction of sp³-hybridized carbons (Fsp3) is 0.391. The number of aliphatic hydroxyl groups excluding tert-OH is 2. The number of hydrogen-bond donors (Lipinski definition) is 6. The number of ether oxygens (including phenoxy) is 4. The van der Waals surface area contributed by atoms with E-state index in [4.69, 9.17) is 30.4 Å². The van der Waals surface area contributed by atoms with Gasteiger partial charge in [0.15, 0.2) is 0 Å². The normalized spacial score (nSPS) is 20.4. The van der Waals surface area contributed by atoms with Crippen LogP contribution in [0.5, 0.6) is 11.5 Å². The summed E-state index contributed by atoms with van der Waals surface area (Å²) in [6, 6.07) is 31.4. The first-order valence-corrected chi connectivity index (χ1v) is 19.4. The Morgan fingerprint density at radius 2 is 1.04 bits per heavy atom. The third kappa shape index (κ3) is 11.8. The third-order valence-electron chi connectivity index (χ3n) is 10.5. The molecule has 0 aliphatic heterocycles. The number of rotatable bonds is 20. The van der Waals surface area contributed by atoms with Crippen LogP contribution in [0, 0.1) is 0 Å². The van der Waals surface area contributed by atoms with E-state index in [1.165, 1.54) is 11.1 Å². The molecule has 4 aromatic carbocycles. The minimum atomic E-state index is -0.657. The van der Waals surface area contributed by atoms with Gasteiger partial charge in [-0.1, -0.05) is 84.9 Å². The molecule has 6 rings (SSSR count). The highest BCUT2D eigenvalue weighted by atomic mass is 16.5. The third-order valence-corrected chi connectivity index (χ3v) is 10.5. The molecule has 56 heavy (non-hydrogen) atoms. The fourth-order valence-corrected chi connectivity index (χ4v) is 7.44. The van der Waals surface area contributed by atoms with Crippen LogP contribution in [0.4, 0.5) is 0 Å². The highest BCUT2D eigenvalue weighted by molar-refractivity contribution is 5.43. The summed E-state index contributed by atoms with van der Waals surface area (Å²) in [6.07, 6.45) is 5.06. The predicted octanol–water partition coefficient (Wildman–Crippen LogP) is 4.77. The lowest BCUT2D eigenvalue weighted by atomic mass is 10.0. The molecule has 10 heteroatoms. The zero-order valence-electron chi connectivity index (χ0n) is 32.8. The zero-order valence-corrected chi connectivity index (χ0v) is 32.8. The van der Waals surface area contributed by atoms with Crippen molar-refractivity contribution < 1.29 is 29.2 Å². The SMILES string of the molecule is C=CCO[C@@H]1Cc2ccc(OC)cc2[C@H]1NC[C@@H](O)[C@@H](N)Cc1ccccc1.C=CCO[C@H]1Cc2ccc(OC)cc2[C@@H]1NC[C@@H](O)[C@@H](N)Cc1ccccc1. The maximum Gasteiger partial charge on any atom is 0.119 e. The molecule has 0 heterocycles. The molecule has 4 aromatic rings. The fourth-order valence-electron chi connectivity index (χ4n) is 7.44. The van der Waals surface area contributed by atoms with Gasteiger partial charge in [0.2, 0.25) is 0 Å². The zero-order chi connectivity index (χ0) is 39.9. The highest BCUT2D eigenvalue weighted by Crippen LogP contribution is 2.37. The van der Waals surface area contributed by atoms with Gasteiger partial charge < -0.3 is 51.3 Å². The van der Waals surface area contributed by atoms with Crippen molar-refractivity contribution in [2.45, 2.75) is 74.3 Å². The van der Waals surface area contributed by atoms with Crippen molar-refractivity contribution in [2.75, 3.05) is 40.5 Å². The van der Waals surface area contributed by atoms with E-state index in [1.807, 2.05) is 84.9 Å². The van der Waals surface area contributed by atoms with Gasteiger partial charge in [-0.05, 0) is 70.5 Å². The molecule has 8 atom stereocenters. The Labute approximate surface area is 332 Å². The van der Waals surface area contributed by atoms with E-state index < -0.39 is 12.2 Å². The van der Waals surface area contributed by atoms with Gasteiger partial charge in [-0.15, -0.1) is 13.2 Å². The van der Waals surface area contributed by atoms with Gasteiger partial charge in [-0.2, -0.15) is 0 Å². The van der Waals surface area contributed by atoms with E-state index in [0.29, 0.717) is 39.1 Å². The van der Waals surface area contributed by atoms with Crippen molar-refractivity contribution in [1.29, 1.82) is 0 Å². The Kier molecular flexibility index (Phi) is 16.7. The maximum atomic E-state index is 10.6. The number of aliphatic hydroxyl groups is 2. The van der Waals surface area contributed by atoms with E-state index in [1.54, 1.807) is 26.4 Å². The second kappa shape index (κ2) is 21.8. The van der Waals surface area contributed by atoms with Crippen LogP contribution in [0.1, 0.15) is 45.5 Å². The van der Waals surface area contributed by atoms with Gasteiger partial charge in [0.1, 0.15) is 11.5 Å². The maximum absolute atomic E-state index is 10.6. The van der Waals surface area contributed by atoms with Gasteiger partial charge >= 0.3 is 0 Å². The minimum Gasteiger partial charge on any atom is -0.497 e. The number of methoxy groups -OCH3 is 2. The standard InChI is InChI=1S/2C23H30N2O3/c2*1-3-11-28-22-13-17-9-10-18(27-2)14-19(17)23(22)25-15-21(26)20(24)12-16-7-5-4-6-8-16/h2*3-10,14,20-23,25-26H,1,11-13,15,24H2,2H3/t20-,21+,22+,23+;20-,21+,22-,23-/m00/s1. The van der Waals surface area contributed by atoms with Crippen molar-refractivity contribution in [3.8, 4) is 11.5 Å². The summed E-state index contributed by atoms with van der Waals surface area (Å²) >= 11 is 0. The van der Waals surface area contributed by atoms with Crippen LogP contribution in [-0.4, -0.2) is 87.2 Å². The summed E-state index contributed by atoms with van der Waals surface area (Å²) < 4.78 is 22.7. The lowest BCUT2D eigenvalue weighted by Crippen LogP contribution is -2.45. The predicted molar refractivity (Wildman–Crippen MR) is 223 cm³/mol. The molecule has 0 spiro atoms. The van der Waals surface area contributed by atoms with Crippen molar-refractivity contribution >= 4 is 0 Å². The van der Waals surface area contributed by atoms with Crippen molar-refractivity contribution in [3.63, 3.8) is 0 Å². The van der Waals surface area contributed by atoms with Gasteiger partial charge in [0, 0.05) is 38.0 Å². The molecule has 2 aliphatic rings. The largest absolute Gasteiger partial charge is 0.497 e. The van der Waals surface area contributed by atoms with E-state index in [-0.39, 0.29) is 36.4 Å². The smallest absolute Gasteiger partial charge is 0.119 e. The average Bonchev–Trinajstić information content (AvgIpc) is 3.76. The van der Waals surface area contributed by atoms with E-state index in [9.17, 15) is 10.2 Å². The van der Waals surface area contributed by atoms with Crippen LogP contribution >= 0.6 is 0 Å². The van der Waals surface area contributed by atoms with Crippen LogP contribution in [0.25, 0.3) is 0 Å². The molecule has 300 valence electrons. The van der Waals surface area contributed by atoms with Crippen LogP contribution in [-0.2, 0) is 35.2 Å². The summed E-state index contributed by atoms with van der Waals surface area (Å²) in [5, 5.41) is 28.1. The molecule has 2 aliphatic carbocycles. The molecule has 0 bridgehead atoms. The molecule has 0 unspecified atom stereocenters. The number of nitrogens with one attached hydrogen (secondary N) is 2. The van der Waals surface area contributed by atoms with Crippen LogP contribution in [0.15, 0.2) is 122 Å². The lowest BCUT2D eigenvalue weighted by Gasteiger charge is -2.26. The molecule has 0 saturated carbocycles. The van der Waals surface area contributed by atoms with E-state index >= 15 is 0 Å². The summed E-state index contributed by atoms with van der Waals surface area (Å²) in [4.78, 5) is 0. The first-order valence-electron chi connectivity index (χ1n) is 19.4. The molecule has 0 amide bonds. The Morgan fingerprint density at radius 1 is 0.643 bits per heavy atom. The van der Waals surface area contributed by atoms with E-state index in [2.05, 4.69) is 35.9 Å². The second-order valence-corrected chi connectivity index (χ2v) is 14.5. The summed E-state index contributed by atoms with van der Waals surface area (Å²) in [5.41, 5.74) is 19.5. The van der Waals surface area contributed by atoms with Crippen molar-refractivity contribution in [3.05, 3.63) is 156 Å². The number of hydrogen-bond acceptors (Lipinski definition) is 10. The number of benzene rings is 4. The molecule has 10 nitrogen and oxygen atoms in total. The number of nitrogens with two attached hydrogens (primary N) is 2. The highest BCUT2D eigenvalue weighted by Gasteiger charge is 2.35. The van der Waals surface area contributed by atoms with Crippen molar-refractivity contribution in [1.82, 2.24) is 10.6 Å². The van der Waals surface area contributed by atoms with Gasteiger partial charge in [0.05, 0.1) is 63.9 Å². The first-order chi connectivity index (χ1) is 27.2. The van der Waals surface area contributed by atoms with Crippen LogP contribution < -0.4 is 31.6 Å². The molecular formula is C46H60N4O6. The van der Waals surface area contributed by atoms with E-state index in [0.717, 1.165) is 46.6 Å². The second-order valence-electron chi connectivity index (χ2n) is 14.5. The van der Waals surface area contributed by atoms with Crippen LogP contribution in [0.3, 0.4) is 0 Å². The Bertz CT molecular complexity index is 1660. The van der Waals surface area contributed by atoms with Gasteiger partial charge in [0.25, 0.3) is 0 Å². The molecule has 0 aromatic heterocycles. The van der Waals surface area contributed by atoms with Gasteiger partial charge in [-0.3, -0.25) is 0 Å².